The zero-order chi connectivity index (χ0) is 54.3. The van der Waals surface area contributed by atoms with Crippen LogP contribution in [0.1, 0.15) is 265 Å². The molecule has 0 aromatic carbocycles. The number of hydrogen-bond donors (Lipinski definition) is 0. The number of carbonyl (C=O) groups excluding carboxylic acids is 3. The van der Waals surface area contributed by atoms with Crippen LogP contribution in [-0.2, 0) is 28.6 Å². The normalized spacial score (nSPS) is 13.1. The molecule has 424 valence electrons. The third-order valence-electron chi connectivity index (χ3n) is 12.7. The lowest BCUT2D eigenvalue weighted by Crippen LogP contribution is -2.30. The fourth-order valence-corrected chi connectivity index (χ4v) is 8.13. The first-order chi connectivity index (χ1) is 37.0. The smallest absolute Gasteiger partial charge is 0.310 e. The second kappa shape index (κ2) is 62.1. The Morgan fingerprint density at radius 2 is 0.560 bits per heavy atom. The van der Waals surface area contributed by atoms with Gasteiger partial charge in [0.25, 0.3) is 0 Å². The average Bonchev–Trinajstić information content (AvgIpc) is 3.41. The molecule has 0 aromatic rings. The lowest BCUT2D eigenvalue weighted by atomic mass is 10.0. The molecule has 0 saturated heterocycles. The summed E-state index contributed by atoms with van der Waals surface area (Å²) in [5, 5.41) is 0. The van der Waals surface area contributed by atoms with Crippen molar-refractivity contribution in [1.29, 1.82) is 0 Å². The molecule has 1 atom stereocenters. The number of allylic oxidation sites excluding steroid dienone is 21. The van der Waals surface area contributed by atoms with Gasteiger partial charge in [0.05, 0.1) is 6.42 Å². The van der Waals surface area contributed by atoms with E-state index in [2.05, 4.69) is 142 Å². The second-order valence-electron chi connectivity index (χ2n) is 19.9. The van der Waals surface area contributed by atoms with Gasteiger partial charge in [-0.2, -0.15) is 0 Å². The zero-order valence-corrected chi connectivity index (χ0v) is 48.5. The van der Waals surface area contributed by atoms with E-state index in [-0.39, 0.29) is 38.0 Å². The first-order valence-electron chi connectivity index (χ1n) is 30.7. The molecule has 0 heterocycles. The van der Waals surface area contributed by atoms with E-state index in [9.17, 15) is 14.4 Å². The first-order valence-corrected chi connectivity index (χ1v) is 30.7. The largest absolute Gasteiger partial charge is 0.462 e. The number of rotatable bonds is 54. The topological polar surface area (TPSA) is 78.9 Å². The lowest BCUT2D eigenvalue weighted by Gasteiger charge is -2.18. The Kier molecular flexibility index (Phi) is 58.4. The van der Waals surface area contributed by atoms with E-state index in [0.717, 1.165) is 89.9 Å². The van der Waals surface area contributed by atoms with Crippen molar-refractivity contribution in [3.05, 3.63) is 134 Å². The van der Waals surface area contributed by atoms with Gasteiger partial charge in [0.15, 0.2) is 6.10 Å². The van der Waals surface area contributed by atoms with Crippen molar-refractivity contribution in [2.45, 2.75) is 271 Å². The van der Waals surface area contributed by atoms with Crippen LogP contribution < -0.4 is 0 Å². The van der Waals surface area contributed by atoms with E-state index >= 15 is 0 Å². The van der Waals surface area contributed by atoms with Gasteiger partial charge >= 0.3 is 17.9 Å². The minimum Gasteiger partial charge on any atom is -0.462 e. The van der Waals surface area contributed by atoms with Crippen LogP contribution >= 0.6 is 0 Å². The molecule has 1 unspecified atom stereocenters. The molecule has 0 bridgehead atoms. The van der Waals surface area contributed by atoms with Crippen LogP contribution in [0.15, 0.2) is 134 Å². The summed E-state index contributed by atoms with van der Waals surface area (Å²) in [5.41, 5.74) is 0. The summed E-state index contributed by atoms with van der Waals surface area (Å²) in [4.78, 5) is 38.1. The van der Waals surface area contributed by atoms with Gasteiger partial charge in [-0.1, -0.05) is 264 Å². The quantitative estimate of drug-likeness (QED) is 0.0261. The van der Waals surface area contributed by atoms with Crippen LogP contribution in [0.5, 0.6) is 0 Å². The van der Waals surface area contributed by atoms with Crippen LogP contribution in [0.3, 0.4) is 0 Å². The number of ether oxygens (including phenoxy) is 3. The molecule has 0 aromatic heterocycles. The molecule has 75 heavy (non-hydrogen) atoms. The fraction of sp³-hybridized carbons (Fsp3) is 0.638. The van der Waals surface area contributed by atoms with Gasteiger partial charge in [-0.15, -0.1) is 0 Å². The summed E-state index contributed by atoms with van der Waals surface area (Å²) in [6.07, 6.45) is 87.8. The maximum Gasteiger partial charge on any atom is 0.310 e. The predicted molar refractivity (Wildman–Crippen MR) is 325 cm³/mol. The van der Waals surface area contributed by atoms with Crippen molar-refractivity contribution in [3.63, 3.8) is 0 Å². The molecule has 0 amide bonds. The maximum atomic E-state index is 12.8. The van der Waals surface area contributed by atoms with Crippen molar-refractivity contribution in [2.75, 3.05) is 13.2 Å². The highest BCUT2D eigenvalue weighted by atomic mass is 16.6. The highest BCUT2D eigenvalue weighted by molar-refractivity contribution is 5.72. The summed E-state index contributed by atoms with van der Waals surface area (Å²) < 4.78 is 16.7. The van der Waals surface area contributed by atoms with Gasteiger partial charge in [-0.25, -0.2) is 0 Å². The summed E-state index contributed by atoms with van der Waals surface area (Å²) >= 11 is 0. The molecule has 0 spiro atoms. The second-order valence-corrected chi connectivity index (χ2v) is 19.9. The molecular weight excluding hydrogens is 925 g/mol. The molecular formula is C69H112O6. The Labute approximate surface area is 462 Å². The van der Waals surface area contributed by atoms with Crippen LogP contribution in [0, 0.1) is 0 Å². The van der Waals surface area contributed by atoms with Gasteiger partial charge in [0, 0.05) is 12.8 Å². The van der Waals surface area contributed by atoms with Crippen molar-refractivity contribution in [3.8, 4) is 0 Å². The number of unbranched alkanes of at least 4 members (excludes halogenated alkanes) is 22. The summed E-state index contributed by atoms with van der Waals surface area (Å²) in [6.45, 7) is 6.28. The highest BCUT2D eigenvalue weighted by Gasteiger charge is 2.19. The minimum absolute atomic E-state index is 0.0834. The van der Waals surface area contributed by atoms with Crippen molar-refractivity contribution >= 4 is 17.9 Å². The van der Waals surface area contributed by atoms with E-state index in [1.807, 2.05) is 6.08 Å². The van der Waals surface area contributed by atoms with E-state index < -0.39 is 12.1 Å². The Hall–Kier alpha value is -4.45. The van der Waals surface area contributed by atoms with Crippen LogP contribution in [0.2, 0.25) is 0 Å². The Morgan fingerprint density at radius 3 is 0.907 bits per heavy atom. The van der Waals surface area contributed by atoms with Gasteiger partial charge in [0.2, 0.25) is 0 Å². The number of esters is 3. The maximum absolute atomic E-state index is 12.8. The van der Waals surface area contributed by atoms with Crippen LogP contribution in [0.25, 0.3) is 0 Å². The van der Waals surface area contributed by atoms with Gasteiger partial charge in [0.1, 0.15) is 13.2 Å². The fourth-order valence-electron chi connectivity index (χ4n) is 8.13. The molecule has 0 aliphatic carbocycles. The summed E-state index contributed by atoms with van der Waals surface area (Å²) in [7, 11) is 0. The zero-order valence-electron chi connectivity index (χ0n) is 48.5. The van der Waals surface area contributed by atoms with E-state index in [4.69, 9.17) is 14.2 Å². The van der Waals surface area contributed by atoms with Crippen molar-refractivity contribution < 1.29 is 28.6 Å². The third-order valence-corrected chi connectivity index (χ3v) is 12.7. The van der Waals surface area contributed by atoms with E-state index in [0.29, 0.717) is 19.3 Å². The van der Waals surface area contributed by atoms with E-state index in [1.54, 1.807) is 6.08 Å². The highest BCUT2D eigenvalue weighted by Crippen LogP contribution is 2.15. The Balaban J connectivity index is 4.39. The lowest BCUT2D eigenvalue weighted by molar-refractivity contribution is -0.166. The molecule has 0 aliphatic heterocycles. The molecule has 0 N–H and O–H groups in total. The van der Waals surface area contributed by atoms with Crippen LogP contribution in [0.4, 0.5) is 0 Å². The predicted octanol–water partition coefficient (Wildman–Crippen LogP) is 21.0. The summed E-state index contributed by atoms with van der Waals surface area (Å²) in [6, 6.07) is 0. The molecule has 6 heteroatoms. The summed E-state index contributed by atoms with van der Waals surface area (Å²) in [5.74, 6) is -1.11. The standard InChI is InChI=1S/C69H112O6/c1-4-7-10-13-16-19-22-25-28-29-30-31-32-33-34-35-36-37-38-39-42-44-47-50-53-56-59-62-68(71)74-65-66(75-69(72)63-60-57-54-51-48-45-41-27-24-21-18-15-12-9-6-3)64-73-67(70)61-58-55-52-49-46-43-40-26-23-20-17-14-11-8-5-2/h8-9,11-12,17-18,20-22,25-27,29-30,40-41,46,48-49,51,57,60,66H,4-7,10,13-16,19,23-24,28,31-39,42-45,47,50,52-56,58-59,61-65H2,1-3H3/b11-8-,12-9-,20-17-,21-18-,25-22-,30-29-,40-26-,41-27-,49-46-,51-48-,60-57-. The number of carbonyl (C=O) groups is 3. The van der Waals surface area contributed by atoms with Crippen molar-refractivity contribution in [1.82, 2.24) is 0 Å². The molecule has 0 fully saturated rings. The number of hydrogen-bond acceptors (Lipinski definition) is 6. The average molecular weight is 1040 g/mol. The molecule has 0 saturated carbocycles. The van der Waals surface area contributed by atoms with Gasteiger partial charge in [-0.05, 0) is 116 Å². The molecule has 0 radical (unpaired) electrons. The monoisotopic (exact) mass is 1040 g/mol. The SMILES string of the molecule is CC/C=C\C/C=C\C/C=C\C/C=C\C/C=C\CC(=O)OC(COC(=O)CCCC/C=C\C/C=C\C/C=C\C/C=C\CC)COC(=O)CCCCCCCCCCCCCCCCC/C=C\C/C=C\CCCCCCC. The minimum atomic E-state index is -0.854. The Morgan fingerprint density at radius 1 is 0.293 bits per heavy atom. The Bertz CT molecular complexity index is 1620. The van der Waals surface area contributed by atoms with E-state index in [1.165, 1.54) is 122 Å². The van der Waals surface area contributed by atoms with Gasteiger partial charge < -0.3 is 14.2 Å². The molecule has 0 aliphatic rings. The van der Waals surface area contributed by atoms with Crippen LogP contribution in [-0.4, -0.2) is 37.2 Å². The van der Waals surface area contributed by atoms with Crippen molar-refractivity contribution in [2.24, 2.45) is 0 Å². The third kappa shape index (κ3) is 60.3. The molecule has 6 nitrogen and oxygen atoms in total. The molecule has 0 rings (SSSR count). The first kappa shape index (κ1) is 70.5. The van der Waals surface area contributed by atoms with Gasteiger partial charge in [-0.3, -0.25) is 14.4 Å².